The molecule has 1 aromatic rings. The Balaban J connectivity index is 2.92. The number of hydrogen-bond acceptors (Lipinski definition) is 1. The Morgan fingerprint density at radius 3 is 1.90 bits per heavy atom. The van der Waals surface area contributed by atoms with E-state index in [-0.39, 0.29) is 17.3 Å². The molecule has 0 bridgehead atoms. The summed E-state index contributed by atoms with van der Waals surface area (Å²) in [6.07, 6.45) is 4.78. The van der Waals surface area contributed by atoms with Crippen LogP contribution in [0, 0.1) is 11.2 Å². The second kappa shape index (κ2) is 7.78. The fourth-order valence-electron chi connectivity index (χ4n) is 2.75. The highest BCUT2D eigenvalue weighted by molar-refractivity contribution is 5.22. The summed E-state index contributed by atoms with van der Waals surface area (Å²) in [5.74, 6) is -0.167. The van der Waals surface area contributed by atoms with E-state index >= 15 is 0 Å². The molecule has 1 nitrogen and oxygen atoms in total. The van der Waals surface area contributed by atoms with E-state index in [0.717, 1.165) is 0 Å². The van der Waals surface area contributed by atoms with Crippen LogP contribution in [0.4, 0.5) is 4.39 Å². The first-order valence-electron chi connectivity index (χ1n) is 7.90. The average molecular weight is 279 g/mol. The van der Waals surface area contributed by atoms with Crippen molar-refractivity contribution in [2.75, 3.05) is 0 Å². The Labute approximate surface area is 124 Å². The molecule has 0 heterocycles. The quantitative estimate of drug-likeness (QED) is 0.697. The van der Waals surface area contributed by atoms with Crippen LogP contribution in [0.2, 0.25) is 0 Å². The molecule has 1 rings (SSSR count). The Kier molecular flexibility index (Phi) is 6.67. The molecule has 0 saturated heterocycles. The zero-order chi connectivity index (χ0) is 15.2. The van der Waals surface area contributed by atoms with E-state index in [1.165, 1.54) is 31.2 Å². The molecular formula is C18H30FN. The number of nitrogens with one attached hydrogen (secondary N) is 1. The summed E-state index contributed by atoms with van der Waals surface area (Å²) in [6, 6.07) is 7.74. The zero-order valence-corrected chi connectivity index (χ0v) is 13.7. The van der Waals surface area contributed by atoms with Gasteiger partial charge in [-0.1, -0.05) is 59.6 Å². The third-order valence-corrected chi connectivity index (χ3v) is 3.75. The Bertz CT molecular complexity index is 371. The summed E-state index contributed by atoms with van der Waals surface area (Å²) >= 11 is 0. The molecule has 114 valence electrons. The maximum Gasteiger partial charge on any atom is 0.123 e. The molecule has 2 heteroatoms. The molecule has 0 aliphatic carbocycles. The van der Waals surface area contributed by atoms with Gasteiger partial charge in [0.15, 0.2) is 0 Å². The van der Waals surface area contributed by atoms with Crippen LogP contribution >= 0.6 is 0 Å². The van der Waals surface area contributed by atoms with E-state index in [0.29, 0.717) is 6.04 Å². The van der Waals surface area contributed by atoms with E-state index in [9.17, 15) is 4.39 Å². The van der Waals surface area contributed by atoms with Gasteiger partial charge in [0, 0.05) is 12.1 Å². The molecule has 0 radical (unpaired) electrons. The molecule has 20 heavy (non-hydrogen) atoms. The van der Waals surface area contributed by atoms with Gasteiger partial charge in [-0.25, -0.2) is 4.39 Å². The van der Waals surface area contributed by atoms with Crippen molar-refractivity contribution in [3.63, 3.8) is 0 Å². The average Bonchev–Trinajstić information content (AvgIpc) is 2.36. The lowest BCUT2D eigenvalue weighted by Gasteiger charge is -2.35. The van der Waals surface area contributed by atoms with Crippen molar-refractivity contribution in [2.24, 2.45) is 5.41 Å². The molecule has 0 spiro atoms. The number of halogens is 1. The fourth-order valence-corrected chi connectivity index (χ4v) is 2.75. The van der Waals surface area contributed by atoms with Crippen molar-refractivity contribution >= 4 is 0 Å². The lowest BCUT2D eigenvalue weighted by Crippen LogP contribution is -2.39. The van der Waals surface area contributed by atoms with Crippen LogP contribution in [0.25, 0.3) is 0 Å². The van der Waals surface area contributed by atoms with Crippen LogP contribution in [0.15, 0.2) is 24.3 Å². The van der Waals surface area contributed by atoms with Crippen molar-refractivity contribution in [3.05, 3.63) is 35.6 Å². The maximum absolute atomic E-state index is 13.1. The summed E-state index contributed by atoms with van der Waals surface area (Å²) in [4.78, 5) is 0. The largest absolute Gasteiger partial charge is 0.307 e. The topological polar surface area (TPSA) is 12.0 Å². The molecular weight excluding hydrogens is 249 g/mol. The molecule has 0 fully saturated rings. The van der Waals surface area contributed by atoms with Crippen LogP contribution in [-0.4, -0.2) is 6.04 Å². The highest BCUT2D eigenvalue weighted by Crippen LogP contribution is 2.34. The standard InChI is InChI=1S/C18H30FN/c1-6-8-16(9-7-2)20-17(18(3,4)5)14-10-12-15(19)13-11-14/h10-13,16-17,20H,6-9H2,1-5H3. The molecule has 1 atom stereocenters. The minimum absolute atomic E-state index is 0.109. The van der Waals surface area contributed by atoms with E-state index in [1.807, 2.05) is 12.1 Å². The fraction of sp³-hybridized carbons (Fsp3) is 0.667. The molecule has 0 saturated carbocycles. The number of hydrogen-bond donors (Lipinski definition) is 1. The van der Waals surface area contributed by atoms with Crippen LogP contribution in [-0.2, 0) is 0 Å². The van der Waals surface area contributed by atoms with E-state index < -0.39 is 0 Å². The van der Waals surface area contributed by atoms with Crippen LogP contribution in [0.1, 0.15) is 71.9 Å². The monoisotopic (exact) mass is 279 g/mol. The summed E-state index contributed by atoms with van der Waals surface area (Å²) in [5, 5.41) is 3.81. The van der Waals surface area contributed by atoms with E-state index in [1.54, 1.807) is 12.1 Å². The predicted octanol–water partition coefficient (Wildman–Crippen LogP) is 5.47. The summed E-state index contributed by atoms with van der Waals surface area (Å²) < 4.78 is 13.1. The molecule has 0 aromatic heterocycles. The molecule has 1 aromatic carbocycles. The third kappa shape index (κ3) is 5.24. The first-order valence-corrected chi connectivity index (χ1v) is 7.90. The lowest BCUT2D eigenvalue weighted by molar-refractivity contribution is 0.238. The molecule has 0 aliphatic heterocycles. The summed E-state index contributed by atoms with van der Waals surface area (Å²) in [5.41, 5.74) is 1.29. The minimum Gasteiger partial charge on any atom is -0.307 e. The van der Waals surface area contributed by atoms with Crippen LogP contribution in [0.5, 0.6) is 0 Å². The Hall–Kier alpha value is -0.890. The second-order valence-corrected chi connectivity index (χ2v) is 6.79. The zero-order valence-electron chi connectivity index (χ0n) is 13.7. The van der Waals surface area contributed by atoms with Gasteiger partial charge in [0.25, 0.3) is 0 Å². The van der Waals surface area contributed by atoms with Gasteiger partial charge in [0.1, 0.15) is 5.82 Å². The van der Waals surface area contributed by atoms with Gasteiger partial charge >= 0.3 is 0 Å². The summed E-state index contributed by atoms with van der Waals surface area (Å²) in [7, 11) is 0. The Morgan fingerprint density at radius 1 is 1.00 bits per heavy atom. The van der Waals surface area contributed by atoms with Gasteiger partial charge in [-0.15, -0.1) is 0 Å². The van der Waals surface area contributed by atoms with Gasteiger partial charge < -0.3 is 5.32 Å². The highest BCUT2D eigenvalue weighted by Gasteiger charge is 2.27. The number of benzene rings is 1. The van der Waals surface area contributed by atoms with Crippen molar-refractivity contribution in [2.45, 2.75) is 72.4 Å². The highest BCUT2D eigenvalue weighted by atomic mass is 19.1. The minimum atomic E-state index is -0.167. The molecule has 1 N–H and O–H groups in total. The Morgan fingerprint density at radius 2 is 1.50 bits per heavy atom. The SMILES string of the molecule is CCCC(CCC)NC(c1ccc(F)cc1)C(C)(C)C. The molecule has 0 amide bonds. The second-order valence-electron chi connectivity index (χ2n) is 6.79. The normalized spacial score (nSPS) is 13.8. The lowest BCUT2D eigenvalue weighted by atomic mass is 9.81. The van der Waals surface area contributed by atoms with Gasteiger partial charge in [-0.05, 0) is 36.0 Å². The number of rotatable bonds is 7. The maximum atomic E-state index is 13.1. The van der Waals surface area contributed by atoms with Gasteiger partial charge in [-0.3, -0.25) is 0 Å². The molecule has 0 aliphatic rings. The van der Waals surface area contributed by atoms with Gasteiger partial charge in [-0.2, -0.15) is 0 Å². The van der Waals surface area contributed by atoms with E-state index in [4.69, 9.17) is 0 Å². The van der Waals surface area contributed by atoms with Gasteiger partial charge in [0.2, 0.25) is 0 Å². The first kappa shape index (κ1) is 17.2. The smallest absolute Gasteiger partial charge is 0.123 e. The molecule has 1 unspecified atom stereocenters. The van der Waals surface area contributed by atoms with Crippen molar-refractivity contribution in [1.82, 2.24) is 5.32 Å². The van der Waals surface area contributed by atoms with Crippen LogP contribution in [0.3, 0.4) is 0 Å². The van der Waals surface area contributed by atoms with Gasteiger partial charge in [0.05, 0.1) is 0 Å². The van der Waals surface area contributed by atoms with Crippen molar-refractivity contribution < 1.29 is 4.39 Å². The van der Waals surface area contributed by atoms with Crippen molar-refractivity contribution in [3.8, 4) is 0 Å². The predicted molar refractivity (Wildman–Crippen MR) is 85.3 cm³/mol. The summed E-state index contributed by atoms with van der Waals surface area (Å²) in [6.45, 7) is 11.2. The van der Waals surface area contributed by atoms with E-state index in [2.05, 4.69) is 39.9 Å². The van der Waals surface area contributed by atoms with Crippen LogP contribution < -0.4 is 5.32 Å². The third-order valence-electron chi connectivity index (χ3n) is 3.75. The van der Waals surface area contributed by atoms with Crippen molar-refractivity contribution in [1.29, 1.82) is 0 Å². The first-order chi connectivity index (χ1) is 9.38.